The lowest BCUT2D eigenvalue weighted by molar-refractivity contribution is 0.197. The lowest BCUT2D eigenvalue weighted by Gasteiger charge is -2.11. The van der Waals surface area contributed by atoms with Crippen LogP contribution in [0, 0.1) is 0 Å². The van der Waals surface area contributed by atoms with Crippen LogP contribution >= 0.6 is 0 Å². The normalized spacial score (nSPS) is 10.5. The van der Waals surface area contributed by atoms with Crippen molar-refractivity contribution in [1.29, 1.82) is 0 Å². The van der Waals surface area contributed by atoms with Crippen LogP contribution in [-0.2, 0) is 9.47 Å². The fraction of sp³-hybridized carbons (Fsp3) is 0.412. The Morgan fingerprint density at radius 3 is 2.43 bits per heavy atom. The molecule has 0 aliphatic rings. The molecule has 0 radical (unpaired) electrons. The van der Waals surface area contributed by atoms with Crippen LogP contribution in [0.15, 0.2) is 36.4 Å². The molecule has 0 bridgehead atoms. The topological polar surface area (TPSA) is 68.3 Å². The Morgan fingerprint density at radius 1 is 0.913 bits per heavy atom. The number of anilines is 2. The number of hydrogen-bond donors (Lipinski definition) is 2. The lowest BCUT2D eigenvalue weighted by atomic mass is 10.1. The quantitative estimate of drug-likeness (QED) is 0.657. The third-order valence-corrected chi connectivity index (χ3v) is 3.22. The van der Waals surface area contributed by atoms with Crippen LogP contribution in [0.25, 0.3) is 11.3 Å². The highest BCUT2D eigenvalue weighted by Crippen LogP contribution is 2.21. The number of rotatable bonds is 10. The molecule has 0 aliphatic heterocycles. The molecular weight excluding hydrogens is 292 g/mol. The van der Waals surface area contributed by atoms with E-state index in [1.807, 2.05) is 36.4 Å². The Kier molecular flexibility index (Phi) is 7.29. The smallest absolute Gasteiger partial charge is 0.225 e. The van der Waals surface area contributed by atoms with Crippen molar-refractivity contribution in [2.45, 2.75) is 6.42 Å². The Bertz CT molecular complexity index is 578. The summed E-state index contributed by atoms with van der Waals surface area (Å²) in [7, 11) is 3.38. The van der Waals surface area contributed by atoms with Crippen molar-refractivity contribution < 1.29 is 9.47 Å². The molecule has 0 saturated carbocycles. The van der Waals surface area contributed by atoms with Crippen LogP contribution in [0.3, 0.4) is 0 Å². The van der Waals surface area contributed by atoms with Crippen molar-refractivity contribution in [3.8, 4) is 11.3 Å². The monoisotopic (exact) mass is 316 g/mol. The highest BCUT2D eigenvalue weighted by molar-refractivity contribution is 5.64. The zero-order valence-electron chi connectivity index (χ0n) is 13.7. The van der Waals surface area contributed by atoms with Gasteiger partial charge in [0.05, 0.1) is 12.3 Å². The second-order valence-corrected chi connectivity index (χ2v) is 5.02. The highest BCUT2D eigenvalue weighted by atomic mass is 16.5. The summed E-state index contributed by atoms with van der Waals surface area (Å²) in [6.07, 6.45) is 0.905. The molecule has 23 heavy (non-hydrogen) atoms. The van der Waals surface area contributed by atoms with E-state index in [1.165, 1.54) is 0 Å². The second-order valence-electron chi connectivity index (χ2n) is 5.02. The summed E-state index contributed by atoms with van der Waals surface area (Å²) in [5.74, 6) is 1.40. The van der Waals surface area contributed by atoms with Gasteiger partial charge in [-0.15, -0.1) is 0 Å². The number of nitrogens with one attached hydrogen (secondary N) is 2. The molecule has 6 nitrogen and oxygen atoms in total. The van der Waals surface area contributed by atoms with Crippen molar-refractivity contribution >= 4 is 11.8 Å². The van der Waals surface area contributed by atoms with Gasteiger partial charge >= 0.3 is 0 Å². The molecule has 0 amide bonds. The summed E-state index contributed by atoms with van der Waals surface area (Å²) in [4.78, 5) is 9.09. The van der Waals surface area contributed by atoms with Gasteiger partial charge in [0, 0.05) is 45.5 Å². The summed E-state index contributed by atoms with van der Waals surface area (Å²) in [5, 5.41) is 6.50. The first-order valence-electron chi connectivity index (χ1n) is 7.73. The number of aromatic nitrogens is 2. The number of benzene rings is 1. The maximum atomic E-state index is 5.07. The summed E-state index contributed by atoms with van der Waals surface area (Å²) < 4.78 is 10.1. The van der Waals surface area contributed by atoms with E-state index >= 15 is 0 Å². The number of hydrogen-bond acceptors (Lipinski definition) is 6. The Labute approximate surface area is 137 Å². The van der Waals surface area contributed by atoms with Gasteiger partial charge in [0.15, 0.2) is 0 Å². The minimum absolute atomic E-state index is 0.613. The van der Waals surface area contributed by atoms with E-state index in [1.54, 1.807) is 14.2 Å². The van der Waals surface area contributed by atoms with Gasteiger partial charge in [-0.3, -0.25) is 0 Å². The van der Waals surface area contributed by atoms with Crippen molar-refractivity contribution in [1.82, 2.24) is 9.97 Å². The van der Waals surface area contributed by atoms with Crippen LogP contribution in [0.5, 0.6) is 0 Å². The first-order valence-corrected chi connectivity index (χ1v) is 7.73. The zero-order chi connectivity index (χ0) is 16.3. The Balaban J connectivity index is 2.14. The van der Waals surface area contributed by atoms with Crippen molar-refractivity contribution in [3.63, 3.8) is 0 Å². The average molecular weight is 316 g/mol. The lowest BCUT2D eigenvalue weighted by Crippen LogP contribution is -2.12. The van der Waals surface area contributed by atoms with E-state index < -0.39 is 0 Å². The number of ether oxygens (including phenoxy) is 2. The summed E-state index contributed by atoms with van der Waals surface area (Å²) in [6.45, 7) is 2.81. The van der Waals surface area contributed by atoms with E-state index in [-0.39, 0.29) is 0 Å². The predicted octanol–water partition coefficient (Wildman–Crippen LogP) is 2.65. The third kappa shape index (κ3) is 5.84. The van der Waals surface area contributed by atoms with Gasteiger partial charge in [0.25, 0.3) is 0 Å². The fourth-order valence-corrected chi connectivity index (χ4v) is 2.07. The van der Waals surface area contributed by atoms with Crippen LogP contribution < -0.4 is 10.6 Å². The van der Waals surface area contributed by atoms with E-state index in [9.17, 15) is 0 Å². The molecule has 2 rings (SSSR count). The second kappa shape index (κ2) is 9.76. The van der Waals surface area contributed by atoms with E-state index in [4.69, 9.17) is 9.47 Å². The van der Waals surface area contributed by atoms with Crippen LogP contribution in [-0.4, -0.2) is 50.5 Å². The number of methoxy groups -OCH3 is 2. The molecule has 2 aromatic rings. The molecule has 1 heterocycles. The summed E-state index contributed by atoms with van der Waals surface area (Å²) in [5.41, 5.74) is 1.94. The molecule has 0 saturated heterocycles. The van der Waals surface area contributed by atoms with Gasteiger partial charge in [0.2, 0.25) is 5.95 Å². The first-order chi connectivity index (χ1) is 11.3. The van der Waals surface area contributed by atoms with Crippen molar-refractivity contribution in [3.05, 3.63) is 36.4 Å². The fourth-order valence-electron chi connectivity index (χ4n) is 2.07. The summed E-state index contributed by atoms with van der Waals surface area (Å²) in [6, 6.07) is 12.0. The highest BCUT2D eigenvalue weighted by Gasteiger charge is 2.06. The number of nitrogens with zero attached hydrogens (tertiary/aromatic N) is 2. The molecule has 0 aliphatic carbocycles. The minimum Gasteiger partial charge on any atom is -0.385 e. The van der Waals surface area contributed by atoms with Gasteiger partial charge in [-0.05, 0) is 6.42 Å². The van der Waals surface area contributed by atoms with E-state index in [2.05, 4.69) is 20.6 Å². The first kappa shape index (κ1) is 17.2. The Hall–Kier alpha value is -2.18. The predicted molar refractivity (Wildman–Crippen MR) is 92.8 cm³/mol. The molecule has 0 spiro atoms. The van der Waals surface area contributed by atoms with Crippen LogP contribution in [0.2, 0.25) is 0 Å². The maximum Gasteiger partial charge on any atom is 0.225 e. The SMILES string of the molecule is COCCCNc1nc(NCCOC)cc(-c2ccccc2)n1. The molecule has 0 atom stereocenters. The molecule has 6 heteroatoms. The van der Waals surface area contributed by atoms with Crippen molar-refractivity contribution in [2.75, 3.05) is 51.2 Å². The molecular formula is C17H24N4O2. The Morgan fingerprint density at radius 2 is 1.70 bits per heavy atom. The molecule has 0 fully saturated rings. The van der Waals surface area contributed by atoms with Crippen LogP contribution in [0.1, 0.15) is 6.42 Å². The largest absolute Gasteiger partial charge is 0.385 e. The van der Waals surface area contributed by atoms with Gasteiger partial charge in [-0.25, -0.2) is 4.98 Å². The maximum absolute atomic E-state index is 5.07. The molecule has 1 aromatic carbocycles. The van der Waals surface area contributed by atoms with E-state index in [0.29, 0.717) is 25.7 Å². The minimum atomic E-state index is 0.613. The molecule has 2 N–H and O–H groups in total. The molecule has 1 aromatic heterocycles. The van der Waals surface area contributed by atoms with Gasteiger partial charge < -0.3 is 20.1 Å². The zero-order valence-corrected chi connectivity index (χ0v) is 13.7. The molecule has 124 valence electrons. The van der Waals surface area contributed by atoms with Gasteiger partial charge in [-0.2, -0.15) is 4.98 Å². The molecule has 0 unspecified atom stereocenters. The third-order valence-electron chi connectivity index (χ3n) is 3.22. The van der Waals surface area contributed by atoms with Gasteiger partial charge in [0.1, 0.15) is 5.82 Å². The van der Waals surface area contributed by atoms with Gasteiger partial charge in [-0.1, -0.05) is 30.3 Å². The standard InChI is InChI=1S/C17H24N4O2/c1-22-11-6-9-19-17-20-15(14-7-4-3-5-8-14)13-16(21-17)18-10-12-23-2/h3-5,7-8,13H,6,9-12H2,1-2H3,(H2,18,19,20,21). The van der Waals surface area contributed by atoms with Crippen LogP contribution in [0.4, 0.5) is 11.8 Å². The summed E-state index contributed by atoms with van der Waals surface area (Å²) >= 11 is 0. The van der Waals surface area contributed by atoms with E-state index in [0.717, 1.165) is 30.0 Å². The average Bonchev–Trinajstić information content (AvgIpc) is 2.60. The van der Waals surface area contributed by atoms with Crippen molar-refractivity contribution in [2.24, 2.45) is 0 Å².